The summed E-state index contributed by atoms with van der Waals surface area (Å²) in [7, 11) is 0. The average Bonchev–Trinajstić information content (AvgIpc) is 2.42. The van der Waals surface area contributed by atoms with Crippen LogP contribution in [0.5, 0.6) is 5.75 Å². The second-order valence-corrected chi connectivity index (χ2v) is 4.37. The number of para-hydroxylation sites is 1. The van der Waals surface area contributed by atoms with Gasteiger partial charge in [0.2, 0.25) is 0 Å². The van der Waals surface area contributed by atoms with Gasteiger partial charge in [-0.1, -0.05) is 24.3 Å². The van der Waals surface area contributed by atoms with Gasteiger partial charge in [0, 0.05) is 18.1 Å². The minimum absolute atomic E-state index is 0.0794. The molecule has 0 saturated carbocycles. The quantitative estimate of drug-likeness (QED) is 0.850. The molecule has 2 aromatic rings. The van der Waals surface area contributed by atoms with Crippen molar-refractivity contribution in [3.63, 3.8) is 0 Å². The number of aliphatic hydroxyl groups excluding tert-OH is 1. The monoisotopic (exact) mass is 300 g/mol. The Labute approximate surface area is 118 Å². The van der Waals surface area contributed by atoms with Crippen molar-refractivity contribution >= 4 is 0 Å². The van der Waals surface area contributed by atoms with Gasteiger partial charge in [-0.05, 0) is 17.7 Å². The van der Waals surface area contributed by atoms with Crippen LogP contribution in [0.15, 0.2) is 42.5 Å². The molecule has 2 aromatic carbocycles. The lowest BCUT2D eigenvalue weighted by atomic mass is 10.0. The predicted molar refractivity (Wildman–Crippen MR) is 68.1 cm³/mol. The summed E-state index contributed by atoms with van der Waals surface area (Å²) in [6.45, 7) is -3.03. The van der Waals surface area contributed by atoms with E-state index in [0.29, 0.717) is 6.07 Å². The summed E-state index contributed by atoms with van der Waals surface area (Å²) in [5.74, 6) is -1.71. The zero-order valence-corrected chi connectivity index (χ0v) is 10.8. The number of alkyl halides is 2. The molecule has 1 unspecified atom stereocenters. The molecule has 2 rings (SSSR count). The van der Waals surface area contributed by atoms with E-state index in [2.05, 4.69) is 4.74 Å². The SMILES string of the molecule is OC(Cc1ccc(F)cc1F)c1ccccc1OC(F)F. The van der Waals surface area contributed by atoms with Crippen molar-refractivity contribution in [3.05, 3.63) is 65.2 Å². The Kier molecular flexibility index (Phi) is 4.80. The first-order valence-electron chi connectivity index (χ1n) is 6.13. The Balaban J connectivity index is 2.22. The lowest BCUT2D eigenvalue weighted by Gasteiger charge is -2.16. The van der Waals surface area contributed by atoms with E-state index in [0.717, 1.165) is 6.07 Å². The van der Waals surface area contributed by atoms with Crippen molar-refractivity contribution in [1.29, 1.82) is 0 Å². The Hall–Kier alpha value is -2.08. The van der Waals surface area contributed by atoms with Crippen molar-refractivity contribution in [2.45, 2.75) is 19.1 Å². The Morgan fingerprint density at radius 2 is 1.76 bits per heavy atom. The molecule has 0 aliphatic carbocycles. The van der Waals surface area contributed by atoms with Gasteiger partial charge in [0.1, 0.15) is 17.4 Å². The maximum Gasteiger partial charge on any atom is 0.387 e. The number of rotatable bonds is 5. The third kappa shape index (κ3) is 3.95. The fraction of sp³-hybridized carbons (Fsp3) is 0.200. The molecule has 1 N–H and O–H groups in total. The number of hydrogen-bond acceptors (Lipinski definition) is 2. The Morgan fingerprint density at radius 1 is 1.05 bits per heavy atom. The first-order valence-corrected chi connectivity index (χ1v) is 6.13. The molecule has 2 nitrogen and oxygen atoms in total. The van der Waals surface area contributed by atoms with Gasteiger partial charge in [0.15, 0.2) is 0 Å². The molecule has 0 radical (unpaired) electrons. The number of aliphatic hydroxyl groups is 1. The van der Waals surface area contributed by atoms with Gasteiger partial charge in [-0.3, -0.25) is 0 Å². The van der Waals surface area contributed by atoms with Crippen molar-refractivity contribution in [2.75, 3.05) is 0 Å². The zero-order valence-electron chi connectivity index (χ0n) is 10.8. The summed E-state index contributed by atoms with van der Waals surface area (Å²) in [5.41, 5.74) is 0.192. The van der Waals surface area contributed by atoms with Crippen LogP contribution in [0.2, 0.25) is 0 Å². The van der Waals surface area contributed by atoms with Crippen LogP contribution in [0.1, 0.15) is 17.2 Å². The van der Waals surface area contributed by atoms with Gasteiger partial charge in [0.05, 0.1) is 6.10 Å². The van der Waals surface area contributed by atoms with Gasteiger partial charge in [0.25, 0.3) is 0 Å². The van der Waals surface area contributed by atoms with E-state index in [-0.39, 0.29) is 23.3 Å². The summed E-state index contributed by atoms with van der Waals surface area (Å²) in [5, 5.41) is 10.1. The van der Waals surface area contributed by atoms with Crippen LogP contribution in [0.3, 0.4) is 0 Å². The van der Waals surface area contributed by atoms with Crippen LogP contribution in [-0.4, -0.2) is 11.7 Å². The minimum atomic E-state index is -3.03. The molecule has 1 atom stereocenters. The van der Waals surface area contributed by atoms with E-state index < -0.39 is 24.3 Å². The van der Waals surface area contributed by atoms with E-state index in [4.69, 9.17) is 0 Å². The van der Waals surface area contributed by atoms with E-state index >= 15 is 0 Å². The van der Waals surface area contributed by atoms with Crippen LogP contribution in [0.25, 0.3) is 0 Å². The van der Waals surface area contributed by atoms with E-state index in [1.807, 2.05) is 0 Å². The van der Waals surface area contributed by atoms with Gasteiger partial charge < -0.3 is 9.84 Å². The van der Waals surface area contributed by atoms with Crippen molar-refractivity contribution in [3.8, 4) is 5.75 Å². The minimum Gasteiger partial charge on any atom is -0.434 e. The third-order valence-corrected chi connectivity index (χ3v) is 2.92. The standard InChI is InChI=1S/C15H12F4O2/c16-10-6-5-9(12(17)8-10)7-13(20)11-3-1-2-4-14(11)21-15(18)19/h1-6,8,13,15,20H,7H2. The average molecular weight is 300 g/mol. The molecule has 0 saturated heterocycles. The molecule has 112 valence electrons. The van der Waals surface area contributed by atoms with Crippen molar-refractivity contribution < 1.29 is 27.4 Å². The molecule has 0 bridgehead atoms. The molecular weight excluding hydrogens is 288 g/mol. The largest absolute Gasteiger partial charge is 0.434 e. The number of benzene rings is 2. The highest BCUT2D eigenvalue weighted by Gasteiger charge is 2.18. The highest BCUT2D eigenvalue weighted by atomic mass is 19.3. The first-order chi connectivity index (χ1) is 9.97. The lowest BCUT2D eigenvalue weighted by Crippen LogP contribution is -2.09. The lowest BCUT2D eigenvalue weighted by molar-refractivity contribution is -0.0515. The molecule has 0 spiro atoms. The molecule has 0 heterocycles. The van der Waals surface area contributed by atoms with Crippen LogP contribution in [0.4, 0.5) is 17.6 Å². The van der Waals surface area contributed by atoms with Crippen LogP contribution in [0, 0.1) is 11.6 Å². The van der Waals surface area contributed by atoms with Crippen LogP contribution >= 0.6 is 0 Å². The molecule has 0 aliphatic heterocycles. The van der Waals surface area contributed by atoms with E-state index in [9.17, 15) is 22.7 Å². The van der Waals surface area contributed by atoms with Gasteiger partial charge >= 0.3 is 6.61 Å². The molecular formula is C15H12F4O2. The highest BCUT2D eigenvalue weighted by Crippen LogP contribution is 2.29. The van der Waals surface area contributed by atoms with E-state index in [1.165, 1.54) is 30.3 Å². The Bertz CT molecular complexity index is 616. The van der Waals surface area contributed by atoms with Crippen molar-refractivity contribution in [2.24, 2.45) is 0 Å². The van der Waals surface area contributed by atoms with Crippen LogP contribution in [-0.2, 0) is 6.42 Å². The molecule has 21 heavy (non-hydrogen) atoms. The van der Waals surface area contributed by atoms with Crippen molar-refractivity contribution in [1.82, 2.24) is 0 Å². The number of ether oxygens (including phenoxy) is 1. The predicted octanol–water partition coefficient (Wildman–Crippen LogP) is 3.84. The summed E-state index contributed by atoms with van der Waals surface area (Å²) in [6.07, 6.45) is -1.43. The van der Waals surface area contributed by atoms with Crippen LogP contribution < -0.4 is 4.74 Å². The number of halogens is 4. The zero-order chi connectivity index (χ0) is 15.4. The highest BCUT2D eigenvalue weighted by molar-refractivity contribution is 5.36. The maximum absolute atomic E-state index is 13.5. The summed E-state index contributed by atoms with van der Waals surface area (Å²) in [4.78, 5) is 0. The summed E-state index contributed by atoms with van der Waals surface area (Å²) in [6, 6.07) is 8.67. The third-order valence-electron chi connectivity index (χ3n) is 2.92. The smallest absolute Gasteiger partial charge is 0.387 e. The second-order valence-electron chi connectivity index (χ2n) is 4.37. The maximum atomic E-state index is 13.5. The molecule has 0 amide bonds. The number of hydrogen-bond donors (Lipinski definition) is 1. The molecule has 0 aromatic heterocycles. The first kappa shape index (κ1) is 15.3. The van der Waals surface area contributed by atoms with Gasteiger partial charge in [-0.2, -0.15) is 8.78 Å². The summed E-state index contributed by atoms with van der Waals surface area (Å²) >= 11 is 0. The second kappa shape index (κ2) is 6.58. The van der Waals surface area contributed by atoms with Gasteiger partial charge in [-0.25, -0.2) is 8.78 Å². The topological polar surface area (TPSA) is 29.5 Å². The fourth-order valence-electron chi connectivity index (χ4n) is 1.96. The summed E-state index contributed by atoms with van der Waals surface area (Å²) < 4.78 is 55.2. The van der Waals surface area contributed by atoms with Gasteiger partial charge in [-0.15, -0.1) is 0 Å². The molecule has 6 heteroatoms. The molecule has 0 aliphatic rings. The molecule has 0 fully saturated rings. The fourth-order valence-corrected chi connectivity index (χ4v) is 1.96. The Morgan fingerprint density at radius 3 is 2.43 bits per heavy atom. The van der Waals surface area contributed by atoms with E-state index in [1.54, 1.807) is 0 Å². The normalized spacial score (nSPS) is 12.5.